The Kier molecular flexibility index (Phi) is 5.29. The summed E-state index contributed by atoms with van der Waals surface area (Å²) in [5.41, 5.74) is 1.06. The van der Waals surface area contributed by atoms with Crippen molar-refractivity contribution in [3.63, 3.8) is 0 Å². The Morgan fingerprint density at radius 3 is 3.04 bits per heavy atom. The first-order valence-electron chi connectivity index (χ1n) is 8.56. The van der Waals surface area contributed by atoms with Gasteiger partial charge in [0.05, 0.1) is 24.3 Å². The number of rotatable bonds is 7. The molecular weight excluding hydrogens is 394 g/mol. The van der Waals surface area contributed by atoms with E-state index in [0.29, 0.717) is 23.7 Å². The second-order valence-corrected chi connectivity index (χ2v) is 8.22. The molecule has 1 aliphatic rings. The Bertz CT molecular complexity index is 1030. The lowest BCUT2D eigenvalue weighted by Crippen LogP contribution is -2.25. The van der Waals surface area contributed by atoms with E-state index in [2.05, 4.69) is 4.98 Å². The average Bonchev–Trinajstić information content (AvgIpc) is 3.34. The number of fused-ring (bicyclic) bond motifs is 3. The van der Waals surface area contributed by atoms with Gasteiger partial charge in [0.2, 0.25) is 0 Å². The zero-order valence-electron chi connectivity index (χ0n) is 14.7. The molecule has 0 fully saturated rings. The van der Waals surface area contributed by atoms with Crippen LogP contribution in [-0.2, 0) is 29.9 Å². The maximum absolute atomic E-state index is 13.1. The van der Waals surface area contributed by atoms with E-state index < -0.39 is 6.55 Å². The monoisotopic (exact) mass is 412 g/mol. The van der Waals surface area contributed by atoms with Crippen LogP contribution in [0.2, 0.25) is 0 Å². The van der Waals surface area contributed by atoms with Crippen molar-refractivity contribution in [3.05, 3.63) is 39.0 Å². The number of aromatic nitrogens is 4. The molecule has 3 aromatic heterocycles. The Labute approximate surface area is 162 Å². The molecule has 0 N–H and O–H groups in total. The van der Waals surface area contributed by atoms with Crippen LogP contribution in [-0.4, -0.2) is 32.8 Å². The number of methoxy groups -OCH3 is 1. The summed E-state index contributed by atoms with van der Waals surface area (Å²) in [6.07, 6.45) is 5.57. The molecule has 3 heterocycles. The molecule has 0 aromatic carbocycles. The van der Waals surface area contributed by atoms with Gasteiger partial charge in [-0.25, -0.2) is 9.97 Å². The van der Waals surface area contributed by atoms with Crippen molar-refractivity contribution >= 4 is 33.3 Å². The summed E-state index contributed by atoms with van der Waals surface area (Å²) in [4.78, 5) is 23.8. The minimum Gasteiger partial charge on any atom is -0.383 e. The number of imidazole rings is 1. The molecule has 144 valence electrons. The molecule has 10 heteroatoms. The lowest BCUT2D eigenvalue weighted by Gasteiger charge is -2.12. The zero-order valence-corrected chi connectivity index (χ0v) is 16.3. The number of alkyl halides is 2. The van der Waals surface area contributed by atoms with E-state index in [4.69, 9.17) is 9.72 Å². The van der Waals surface area contributed by atoms with Gasteiger partial charge in [-0.1, -0.05) is 11.8 Å². The first-order valence-corrected chi connectivity index (χ1v) is 10.4. The highest BCUT2D eigenvalue weighted by molar-refractivity contribution is 7.98. The van der Waals surface area contributed by atoms with Crippen molar-refractivity contribution in [2.24, 2.45) is 0 Å². The molecule has 0 saturated carbocycles. The fourth-order valence-electron chi connectivity index (χ4n) is 3.31. The van der Waals surface area contributed by atoms with E-state index in [0.717, 1.165) is 34.2 Å². The van der Waals surface area contributed by atoms with Crippen LogP contribution in [0.25, 0.3) is 10.2 Å². The molecule has 3 aromatic rings. The van der Waals surface area contributed by atoms with Gasteiger partial charge in [0, 0.05) is 24.4 Å². The Balaban J connectivity index is 1.72. The van der Waals surface area contributed by atoms with Gasteiger partial charge in [-0.05, 0) is 24.8 Å². The highest BCUT2D eigenvalue weighted by Gasteiger charge is 2.23. The minimum atomic E-state index is -2.64. The largest absolute Gasteiger partial charge is 0.383 e. The topological polar surface area (TPSA) is 61.9 Å². The SMILES string of the molecule is COCCn1c(SCc2nccn2C(F)F)nc2sc3c(c2c1=O)CCC3. The van der Waals surface area contributed by atoms with Gasteiger partial charge in [0.25, 0.3) is 5.56 Å². The predicted molar refractivity (Wildman–Crippen MR) is 101 cm³/mol. The summed E-state index contributed by atoms with van der Waals surface area (Å²) >= 11 is 2.81. The maximum Gasteiger partial charge on any atom is 0.319 e. The summed E-state index contributed by atoms with van der Waals surface area (Å²) in [5.74, 6) is 0.448. The van der Waals surface area contributed by atoms with Crippen molar-refractivity contribution < 1.29 is 13.5 Å². The van der Waals surface area contributed by atoms with Gasteiger partial charge in [-0.2, -0.15) is 8.78 Å². The molecular formula is C17H18F2N4O2S2. The van der Waals surface area contributed by atoms with Crippen molar-refractivity contribution in [2.75, 3.05) is 13.7 Å². The third-order valence-corrected chi connectivity index (χ3v) is 6.76. The van der Waals surface area contributed by atoms with Gasteiger partial charge in [-0.3, -0.25) is 13.9 Å². The third-order valence-electron chi connectivity index (χ3n) is 4.60. The van der Waals surface area contributed by atoms with Gasteiger partial charge >= 0.3 is 6.55 Å². The summed E-state index contributed by atoms with van der Waals surface area (Å²) in [6.45, 7) is -1.90. The fraction of sp³-hybridized carbons (Fsp3) is 0.471. The molecule has 6 nitrogen and oxygen atoms in total. The van der Waals surface area contributed by atoms with Gasteiger partial charge in [0.1, 0.15) is 10.7 Å². The van der Waals surface area contributed by atoms with Crippen LogP contribution in [0.3, 0.4) is 0 Å². The average molecular weight is 412 g/mol. The van der Waals surface area contributed by atoms with Crippen molar-refractivity contribution in [1.29, 1.82) is 0 Å². The minimum absolute atomic E-state index is 0.0730. The smallest absolute Gasteiger partial charge is 0.319 e. The number of aryl methyl sites for hydroxylation is 2. The maximum atomic E-state index is 13.1. The number of thioether (sulfide) groups is 1. The second kappa shape index (κ2) is 7.69. The van der Waals surface area contributed by atoms with Crippen LogP contribution in [0.15, 0.2) is 22.3 Å². The molecule has 4 rings (SSSR count). The van der Waals surface area contributed by atoms with Crippen LogP contribution >= 0.6 is 23.1 Å². The molecule has 0 spiro atoms. The van der Waals surface area contributed by atoms with E-state index in [9.17, 15) is 13.6 Å². The lowest BCUT2D eigenvalue weighted by molar-refractivity contribution is 0.0678. The van der Waals surface area contributed by atoms with E-state index in [1.54, 1.807) is 23.0 Å². The van der Waals surface area contributed by atoms with E-state index >= 15 is 0 Å². The first kappa shape index (κ1) is 18.6. The molecule has 0 saturated heterocycles. The number of hydrogen-bond donors (Lipinski definition) is 0. The molecule has 0 radical (unpaired) electrons. The summed E-state index contributed by atoms with van der Waals surface area (Å²) in [7, 11) is 1.57. The van der Waals surface area contributed by atoms with Crippen LogP contribution < -0.4 is 5.56 Å². The molecule has 0 atom stereocenters. The van der Waals surface area contributed by atoms with E-state index in [1.165, 1.54) is 29.0 Å². The Hall–Kier alpha value is -1.78. The number of hydrogen-bond acceptors (Lipinski definition) is 6. The van der Waals surface area contributed by atoms with Gasteiger partial charge in [-0.15, -0.1) is 11.3 Å². The molecule has 1 aliphatic carbocycles. The molecule has 0 aliphatic heterocycles. The van der Waals surface area contributed by atoms with Gasteiger partial charge < -0.3 is 4.74 Å². The van der Waals surface area contributed by atoms with Gasteiger partial charge in [0.15, 0.2) is 5.16 Å². The Morgan fingerprint density at radius 2 is 2.26 bits per heavy atom. The lowest BCUT2D eigenvalue weighted by atomic mass is 10.2. The number of nitrogens with zero attached hydrogens (tertiary/aromatic N) is 4. The zero-order chi connectivity index (χ0) is 19.0. The normalized spacial score (nSPS) is 13.8. The molecule has 0 amide bonds. The summed E-state index contributed by atoms with van der Waals surface area (Å²) in [5, 5.41) is 1.22. The number of thiophene rings is 1. The Morgan fingerprint density at radius 1 is 1.41 bits per heavy atom. The standard InChI is InChI=1S/C17H18F2N4O2S2/c1-25-8-7-23-15(24)13-10-3-2-4-11(10)27-14(13)21-17(23)26-9-12-20-5-6-22(12)16(18)19/h5-6,16H,2-4,7-9H2,1H3. The highest BCUT2D eigenvalue weighted by atomic mass is 32.2. The van der Waals surface area contributed by atoms with Crippen molar-refractivity contribution in [1.82, 2.24) is 19.1 Å². The fourth-order valence-corrected chi connectivity index (χ4v) is 5.59. The van der Waals surface area contributed by atoms with Crippen LogP contribution in [0.1, 0.15) is 29.2 Å². The van der Waals surface area contributed by atoms with E-state index in [-0.39, 0.29) is 17.1 Å². The van der Waals surface area contributed by atoms with Crippen LogP contribution in [0.4, 0.5) is 8.78 Å². The van der Waals surface area contributed by atoms with Crippen LogP contribution in [0, 0.1) is 0 Å². The first-order chi connectivity index (χ1) is 13.1. The van der Waals surface area contributed by atoms with Crippen molar-refractivity contribution in [3.8, 4) is 0 Å². The second-order valence-electron chi connectivity index (χ2n) is 6.20. The molecule has 27 heavy (non-hydrogen) atoms. The quantitative estimate of drug-likeness (QED) is 0.439. The third kappa shape index (κ3) is 3.41. The van der Waals surface area contributed by atoms with Crippen LogP contribution in [0.5, 0.6) is 0 Å². The van der Waals surface area contributed by atoms with Crippen molar-refractivity contribution in [2.45, 2.75) is 43.3 Å². The summed E-state index contributed by atoms with van der Waals surface area (Å²) < 4.78 is 33.6. The highest BCUT2D eigenvalue weighted by Crippen LogP contribution is 2.36. The molecule has 0 bridgehead atoms. The van der Waals surface area contributed by atoms with E-state index in [1.807, 2.05) is 0 Å². The molecule has 0 unspecified atom stereocenters. The number of halogens is 2. The number of ether oxygens (including phenoxy) is 1. The predicted octanol–water partition coefficient (Wildman–Crippen LogP) is 3.48. The summed E-state index contributed by atoms with van der Waals surface area (Å²) in [6, 6.07) is 0.